The third-order valence-corrected chi connectivity index (χ3v) is 3.59. The predicted molar refractivity (Wildman–Crippen MR) is 89.6 cm³/mol. The first-order chi connectivity index (χ1) is 10.8. The summed E-state index contributed by atoms with van der Waals surface area (Å²) in [6, 6.07) is 22.6. The molecule has 0 unspecified atom stereocenters. The second kappa shape index (κ2) is 6.50. The van der Waals surface area contributed by atoms with Gasteiger partial charge in [-0.3, -0.25) is 4.90 Å². The highest BCUT2D eigenvalue weighted by Crippen LogP contribution is 2.26. The lowest BCUT2D eigenvalue weighted by atomic mass is 10.1. The third-order valence-electron chi connectivity index (χ3n) is 3.35. The van der Waals surface area contributed by atoms with Crippen molar-refractivity contribution in [2.24, 2.45) is 0 Å². The molecule has 3 aromatic rings. The number of fused-ring (bicyclic) bond motifs is 1. The number of ether oxygens (including phenoxy) is 1. The number of carbonyl (C=O) groups excluding carboxylic acids is 1. The van der Waals surface area contributed by atoms with Crippen molar-refractivity contribution in [1.29, 1.82) is 0 Å². The number of nitrogens with zero attached hydrogens (tertiary/aromatic N) is 1. The Morgan fingerprint density at radius 3 is 2.36 bits per heavy atom. The molecule has 0 atom stereocenters. The molecular formula is C18H14ClNO2. The monoisotopic (exact) mass is 311 g/mol. The van der Waals surface area contributed by atoms with E-state index in [0.717, 1.165) is 10.8 Å². The molecule has 4 heteroatoms. The Balaban J connectivity index is 1.89. The van der Waals surface area contributed by atoms with Gasteiger partial charge in [0.05, 0.1) is 0 Å². The topological polar surface area (TPSA) is 29.5 Å². The maximum atomic E-state index is 12.4. The number of hydrogen-bond acceptors (Lipinski definition) is 2. The van der Waals surface area contributed by atoms with E-state index in [9.17, 15) is 4.79 Å². The van der Waals surface area contributed by atoms with Gasteiger partial charge in [-0.15, -0.1) is 11.6 Å². The van der Waals surface area contributed by atoms with Gasteiger partial charge in [0, 0.05) is 11.1 Å². The van der Waals surface area contributed by atoms with Crippen molar-refractivity contribution in [3.8, 4) is 5.75 Å². The van der Waals surface area contributed by atoms with Crippen molar-refractivity contribution in [1.82, 2.24) is 0 Å². The van der Waals surface area contributed by atoms with Crippen LogP contribution >= 0.6 is 11.6 Å². The molecule has 0 saturated carbocycles. The van der Waals surface area contributed by atoms with Gasteiger partial charge in [0.25, 0.3) is 0 Å². The highest BCUT2D eigenvalue weighted by atomic mass is 35.5. The number of amides is 1. The Bertz CT molecular complexity index is 784. The zero-order valence-corrected chi connectivity index (χ0v) is 12.5. The van der Waals surface area contributed by atoms with E-state index in [1.165, 1.54) is 4.90 Å². The Labute approximate surface area is 133 Å². The smallest absolute Gasteiger partial charge is 0.409 e. The van der Waals surface area contributed by atoms with Crippen LogP contribution in [-0.2, 0) is 0 Å². The summed E-state index contributed by atoms with van der Waals surface area (Å²) in [7, 11) is 0. The summed E-state index contributed by atoms with van der Waals surface area (Å²) in [5.74, 6) is 0.522. The van der Waals surface area contributed by atoms with Crippen molar-refractivity contribution < 1.29 is 9.53 Å². The minimum atomic E-state index is -0.502. The minimum absolute atomic E-state index is 0.0214. The van der Waals surface area contributed by atoms with Crippen LogP contribution in [0.25, 0.3) is 10.8 Å². The number of rotatable bonds is 3. The molecule has 0 saturated heterocycles. The molecule has 0 N–H and O–H groups in total. The minimum Gasteiger partial charge on any atom is -0.409 e. The van der Waals surface area contributed by atoms with Crippen LogP contribution < -0.4 is 9.64 Å². The molecule has 0 radical (unpaired) electrons. The van der Waals surface area contributed by atoms with E-state index >= 15 is 0 Å². The first kappa shape index (κ1) is 14.4. The number of anilines is 1. The second-order valence-corrected chi connectivity index (χ2v) is 4.97. The first-order valence-electron chi connectivity index (χ1n) is 6.88. The third kappa shape index (κ3) is 2.90. The van der Waals surface area contributed by atoms with E-state index in [4.69, 9.17) is 16.3 Å². The van der Waals surface area contributed by atoms with Crippen LogP contribution in [0.4, 0.5) is 10.5 Å². The van der Waals surface area contributed by atoms with Crippen LogP contribution in [0.15, 0.2) is 72.8 Å². The molecule has 0 aliphatic heterocycles. The number of para-hydroxylation sites is 1. The molecule has 0 bridgehead atoms. The fraction of sp³-hybridized carbons (Fsp3) is 0.0556. The summed E-state index contributed by atoms with van der Waals surface area (Å²) in [6.07, 6.45) is -0.502. The Hall–Kier alpha value is -2.52. The molecule has 0 fully saturated rings. The molecule has 0 aliphatic rings. The lowest BCUT2D eigenvalue weighted by Gasteiger charge is -2.19. The summed E-state index contributed by atoms with van der Waals surface area (Å²) in [5.41, 5.74) is 0.697. The van der Waals surface area contributed by atoms with E-state index in [0.29, 0.717) is 11.4 Å². The Morgan fingerprint density at radius 2 is 1.59 bits per heavy atom. The van der Waals surface area contributed by atoms with E-state index < -0.39 is 6.09 Å². The van der Waals surface area contributed by atoms with Gasteiger partial charge in [-0.25, -0.2) is 4.79 Å². The van der Waals surface area contributed by atoms with Crippen molar-refractivity contribution in [3.05, 3.63) is 72.8 Å². The van der Waals surface area contributed by atoms with Gasteiger partial charge in [-0.1, -0.05) is 54.6 Å². The van der Waals surface area contributed by atoms with Gasteiger partial charge in [0.1, 0.15) is 11.8 Å². The second-order valence-electron chi connectivity index (χ2n) is 4.73. The quantitative estimate of drug-likeness (QED) is 0.501. The molecule has 110 valence electrons. The van der Waals surface area contributed by atoms with Gasteiger partial charge in [0.15, 0.2) is 0 Å². The molecule has 0 aliphatic carbocycles. The zero-order chi connectivity index (χ0) is 15.4. The van der Waals surface area contributed by atoms with Gasteiger partial charge in [-0.05, 0) is 23.6 Å². The standard InChI is InChI=1S/C18H14ClNO2/c19-13-20(15-9-2-1-3-10-15)18(21)22-17-12-6-8-14-7-4-5-11-16(14)17/h1-12H,13H2. The van der Waals surface area contributed by atoms with Crippen molar-refractivity contribution in [2.75, 3.05) is 10.9 Å². The largest absolute Gasteiger partial charge is 0.420 e. The lowest BCUT2D eigenvalue weighted by Crippen LogP contribution is -2.32. The van der Waals surface area contributed by atoms with Crippen LogP contribution in [0.3, 0.4) is 0 Å². The number of alkyl halides is 1. The fourth-order valence-electron chi connectivity index (χ4n) is 2.27. The van der Waals surface area contributed by atoms with Crippen LogP contribution in [0.1, 0.15) is 0 Å². The van der Waals surface area contributed by atoms with Crippen LogP contribution in [0.5, 0.6) is 5.75 Å². The van der Waals surface area contributed by atoms with Crippen molar-refractivity contribution in [2.45, 2.75) is 0 Å². The Kier molecular flexibility index (Phi) is 4.26. The number of benzene rings is 3. The maximum absolute atomic E-state index is 12.4. The molecule has 0 spiro atoms. The molecule has 3 aromatic carbocycles. The zero-order valence-electron chi connectivity index (χ0n) is 11.8. The predicted octanol–water partition coefficient (Wildman–Crippen LogP) is 5.04. The fourth-order valence-corrected chi connectivity index (χ4v) is 2.50. The average Bonchev–Trinajstić information content (AvgIpc) is 2.57. The normalized spacial score (nSPS) is 10.4. The highest BCUT2D eigenvalue weighted by Gasteiger charge is 2.17. The molecule has 3 nitrogen and oxygen atoms in total. The molecule has 1 amide bonds. The van der Waals surface area contributed by atoms with Crippen molar-refractivity contribution in [3.63, 3.8) is 0 Å². The molecular weight excluding hydrogens is 298 g/mol. The first-order valence-corrected chi connectivity index (χ1v) is 7.41. The summed E-state index contributed by atoms with van der Waals surface area (Å²) >= 11 is 5.91. The van der Waals surface area contributed by atoms with Crippen molar-refractivity contribution >= 4 is 34.2 Å². The van der Waals surface area contributed by atoms with E-state index in [1.807, 2.05) is 66.7 Å². The highest BCUT2D eigenvalue weighted by molar-refractivity contribution is 6.21. The van der Waals surface area contributed by atoms with Gasteiger partial charge in [-0.2, -0.15) is 0 Å². The number of carbonyl (C=O) groups is 1. The van der Waals surface area contributed by atoms with Gasteiger partial charge < -0.3 is 4.74 Å². The summed E-state index contributed by atoms with van der Waals surface area (Å²) in [4.78, 5) is 13.8. The molecule has 0 heterocycles. The van der Waals surface area contributed by atoms with E-state index in [2.05, 4.69) is 0 Å². The van der Waals surface area contributed by atoms with Crippen LogP contribution in [0, 0.1) is 0 Å². The van der Waals surface area contributed by atoms with Crippen LogP contribution in [-0.4, -0.2) is 12.1 Å². The summed E-state index contributed by atoms with van der Waals surface area (Å²) in [5, 5.41) is 1.91. The number of halogens is 1. The Morgan fingerprint density at radius 1 is 0.909 bits per heavy atom. The number of hydrogen-bond donors (Lipinski definition) is 0. The summed E-state index contributed by atoms with van der Waals surface area (Å²) < 4.78 is 5.54. The van der Waals surface area contributed by atoms with E-state index in [-0.39, 0.29) is 6.00 Å². The molecule has 0 aromatic heterocycles. The van der Waals surface area contributed by atoms with Crippen LogP contribution in [0.2, 0.25) is 0 Å². The SMILES string of the molecule is O=C(Oc1cccc2ccccc12)N(CCl)c1ccccc1. The van der Waals surface area contributed by atoms with Gasteiger partial charge >= 0.3 is 6.09 Å². The summed E-state index contributed by atoms with van der Waals surface area (Å²) in [6.45, 7) is 0. The molecule has 22 heavy (non-hydrogen) atoms. The average molecular weight is 312 g/mol. The van der Waals surface area contributed by atoms with Gasteiger partial charge in [0.2, 0.25) is 0 Å². The lowest BCUT2D eigenvalue weighted by molar-refractivity contribution is 0.209. The maximum Gasteiger partial charge on any atom is 0.420 e. The molecule has 3 rings (SSSR count). The van der Waals surface area contributed by atoms with E-state index in [1.54, 1.807) is 6.07 Å².